The van der Waals surface area contributed by atoms with Crippen molar-refractivity contribution in [2.45, 2.75) is 44.3 Å². The highest BCUT2D eigenvalue weighted by molar-refractivity contribution is 5.87. The number of ether oxygens (including phenoxy) is 2. The number of carbonyl (C=O) groups is 3. The second-order valence-corrected chi connectivity index (χ2v) is 7.18. The van der Waals surface area contributed by atoms with E-state index in [9.17, 15) is 24.6 Å². The average molecular weight is 467 g/mol. The van der Waals surface area contributed by atoms with E-state index >= 15 is 0 Å². The number of benzene rings is 1. The van der Waals surface area contributed by atoms with E-state index < -0.39 is 48.8 Å². The maximum Gasteiger partial charge on any atom is 0.402 e. The van der Waals surface area contributed by atoms with Crippen LogP contribution in [0.4, 0.5) is 4.79 Å². The fourth-order valence-electron chi connectivity index (χ4n) is 3.30. The van der Waals surface area contributed by atoms with Crippen LogP contribution < -0.4 is 27.1 Å². The quantitative estimate of drug-likeness (QED) is 0.278. The van der Waals surface area contributed by atoms with Crippen LogP contribution in [0.25, 0.3) is 11.0 Å². The summed E-state index contributed by atoms with van der Waals surface area (Å²) in [6.07, 6.45) is -4.15. The molecular weight excluding hydrogens is 442 g/mol. The lowest BCUT2D eigenvalue weighted by Gasteiger charge is -2.38. The molecule has 0 aliphatic carbocycles. The maximum absolute atomic E-state index is 11.8. The fraction of sp³-hybridized carbons (Fsp3) is 0.400. The van der Waals surface area contributed by atoms with Crippen LogP contribution in [0.15, 0.2) is 33.5 Å². The Kier molecular flexibility index (Phi) is 8.73. The van der Waals surface area contributed by atoms with Gasteiger partial charge in [-0.1, -0.05) is 0 Å². The highest BCUT2D eigenvalue weighted by Crippen LogP contribution is 2.27. The number of aliphatic hydroxyl groups excluding tert-OH is 2. The van der Waals surface area contributed by atoms with Crippen molar-refractivity contribution in [3.05, 3.63) is 40.2 Å². The number of fused-ring (bicyclic) bond motifs is 1. The van der Waals surface area contributed by atoms with E-state index in [0.717, 1.165) is 0 Å². The Morgan fingerprint density at radius 3 is 2.48 bits per heavy atom. The van der Waals surface area contributed by atoms with E-state index in [1.807, 2.05) is 0 Å². The molecule has 2 aromatic rings. The van der Waals surface area contributed by atoms with Crippen LogP contribution in [-0.4, -0.2) is 64.4 Å². The van der Waals surface area contributed by atoms with Gasteiger partial charge in [0, 0.05) is 30.9 Å². The predicted molar refractivity (Wildman–Crippen MR) is 112 cm³/mol. The molecule has 1 aromatic carbocycles. The molecule has 3 unspecified atom stereocenters. The number of hydrogen-bond donors (Lipinski definition) is 6. The first-order chi connectivity index (χ1) is 15.5. The second kappa shape index (κ2) is 11.3. The van der Waals surface area contributed by atoms with Gasteiger partial charge in [0.2, 0.25) is 18.1 Å². The first kappa shape index (κ1) is 25.6. The molecule has 2 heterocycles. The summed E-state index contributed by atoms with van der Waals surface area (Å²) in [6, 6.07) is 5.20. The number of amides is 3. The van der Waals surface area contributed by atoms with Crippen molar-refractivity contribution in [1.82, 2.24) is 5.32 Å². The third-order valence-electron chi connectivity index (χ3n) is 4.55. The molecule has 8 N–H and O–H groups in total. The minimum atomic E-state index is -1.33. The van der Waals surface area contributed by atoms with Crippen LogP contribution >= 0.6 is 0 Å². The van der Waals surface area contributed by atoms with Crippen molar-refractivity contribution in [3.8, 4) is 5.75 Å². The molecule has 3 rings (SSSR count). The van der Waals surface area contributed by atoms with Crippen molar-refractivity contribution in [2.75, 3.05) is 6.61 Å². The summed E-state index contributed by atoms with van der Waals surface area (Å²) >= 11 is 0. The first-order valence-corrected chi connectivity index (χ1v) is 9.71. The summed E-state index contributed by atoms with van der Waals surface area (Å²) in [6.45, 7) is 0.906. The molecule has 1 aliphatic heterocycles. The number of carboxylic acid groups (broad SMARTS) is 1. The number of rotatable bonds is 6. The van der Waals surface area contributed by atoms with Crippen LogP contribution in [0.2, 0.25) is 0 Å². The lowest BCUT2D eigenvalue weighted by Crippen LogP contribution is -2.57. The molecule has 0 saturated carbocycles. The smallest absolute Gasteiger partial charge is 0.402 e. The van der Waals surface area contributed by atoms with E-state index in [2.05, 4.69) is 11.1 Å². The number of hydrogen-bond acceptors (Lipinski definition) is 9. The molecule has 180 valence electrons. The van der Waals surface area contributed by atoms with Crippen molar-refractivity contribution >= 4 is 28.9 Å². The van der Waals surface area contributed by atoms with E-state index in [1.165, 1.54) is 19.1 Å². The summed E-state index contributed by atoms with van der Waals surface area (Å²) in [5, 5.41) is 29.8. The molecule has 1 fully saturated rings. The van der Waals surface area contributed by atoms with Crippen molar-refractivity contribution in [1.29, 1.82) is 0 Å². The van der Waals surface area contributed by atoms with E-state index in [0.29, 0.717) is 10.9 Å². The predicted octanol–water partition coefficient (Wildman–Crippen LogP) is -1.20. The zero-order valence-corrected chi connectivity index (χ0v) is 17.6. The Hall–Kier alpha value is -3.68. The minimum absolute atomic E-state index is 0.116. The van der Waals surface area contributed by atoms with Gasteiger partial charge in [0.05, 0.1) is 25.2 Å². The summed E-state index contributed by atoms with van der Waals surface area (Å²) in [7, 11) is 0. The van der Waals surface area contributed by atoms with Crippen molar-refractivity contribution in [2.24, 2.45) is 11.5 Å². The first-order valence-electron chi connectivity index (χ1n) is 9.71. The van der Waals surface area contributed by atoms with Gasteiger partial charge in [-0.2, -0.15) is 0 Å². The number of primary amides is 2. The SMILES string of the molecule is CC(=O)N[C@H]1CC(O)C(CO)OC1Oc1ccc2c(CC(N)=O)cc(=O)oc2c1.NC(=O)O. The molecule has 1 aliphatic rings. The normalized spacial score (nSPS) is 22.0. The van der Waals surface area contributed by atoms with E-state index in [-0.39, 0.29) is 30.1 Å². The minimum Gasteiger partial charge on any atom is -0.465 e. The van der Waals surface area contributed by atoms with Gasteiger partial charge in [-0.3, -0.25) is 9.59 Å². The van der Waals surface area contributed by atoms with Crippen LogP contribution in [0.1, 0.15) is 18.9 Å². The summed E-state index contributed by atoms with van der Waals surface area (Å²) < 4.78 is 16.6. The summed E-state index contributed by atoms with van der Waals surface area (Å²) in [5.74, 6) is -0.646. The fourth-order valence-corrected chi connectivity index (χ4v) is 3.30. The van der Waals surface area contributed by atoms with Gasteiger partial charge in [0.25, 0.3) is 0 Å². The van der Waals surface area contributed by atoms with Crippen LogP contribution in [0.5, 0.6) is 5.75 Å². The number of nitrogens with one attached hydrogen (secondary N) is 1. The average Bonchev–Trinajstić information content (AvgIpc) is 2.68. The third kappa shape index (κ3) is 7.45. The molecule has 0 bridgehead atoms. The lowest BCUT2D eigenvalue weighted by molar-refractivity contribution is -0.210. The molecule has 13 nitrogen and oxygen atoms in total. The summed E-state index contributed by atoms with van der Waals surface area (Å²) in [4.78, 5) is 43.3. The van der Waals surface area contributed by atoms with Gasteiger partial charge in [-0.25, -0.2) is 9.59 Å². The number of nitrogens with two attached hydrogens (primary N) is 2. The topological polar surface area (TPSA) is 225 Å². The second-order valence-electron chi connectivity index (χ2n) is 7.18. The number of aliphatic hydroxyl groups is 2. The molecular formula is C20H25N3O10. The molecule has 4 atom stereocenters. The van der Waals surface area contributed by atoms with Gasteiger partial charge in [0.15, 0.2) is 0 Å². The Labute approximate surface area is 186 Å². The molecule has 33 heavy (non-hydrogen) atoms. The molecule has 3 amide bonds. The van der Waals surface area contributed by atoms with Gasteiger partial charge in [0.1, 0.15) is 17.4 Å². The van der Waals surface area contributed by atoms with E-state index in [4.69, 9.17) is 29.5 Å². The van der Waals surface area contributed by atoms with Gasteiger partial charge >= 0.3 is 11.7 Å². The zero-order chi connectivity index (χ0) is 24.7. The largest absolute Gasteiger partial charge is 0.465 e. The van der Waals surface area contributed by atoms with Crippen LogP contribution in [0.3, 0.4) is 0 Å². The highest BCUT2D eigenvalue weighted by atomic mass is 16.7. The highest BCUT2D eigenvalue weighted by Gasteiger charge is 2.38. The van der Waals surface area contributed by atoms with E-state index in [1.54, 1.807) is 12.1 Å². The Morgan fingerprint density at radius 2 is 1.91 bits per heavy atom. The Balaban J connectivity index is 0.000000890. The molecule has 1 aromatic heterocycles. The number of carbonyl (C=O) groups excluding carboxylic acids is 2. The zero-order valence-electron chi connectivity index (χ0n) is 17.6. The van der Waals surface area contributed by atoms with Crippen molar-refractivity contribution < 1.29 is 43.6 Å². The van der Waals surface area contributed by atoms with Crippen LogP contribution in [-0.2, 0) is 20.7 Å². The maximum atomic E-state index is 11.8. The summed E-state index contributed by atoms with van der Waals surface area (Å²) in [5.41, 5.74) is 9.24. The molecule has 13 heteroatoms. The lowest BCUT2D eigenvalue weighted by atomic mass is 10.0. The molecule has 0 spiro atoms. The monoisotopic (exact) mass is 467 g/mol. The Morgan fingerprint density at radius 1 is 1.24 bits per heavy atom. The molecule has 1 saturated heterocycles. The van der Waals surface area contributed by atoms with Crippen molar-refractivity contribution in [3.63, 3.8) is 0 Å². The van der Waals surface area contributed by atoms with Crippen LogP contribution in [0, 0.1) is 0 Å². The third-order valence-corrected chi connectivity index (χ3v) is 4.55. The molecule has 0 radical (unpaired) electrons. The van der Waals surface area contributed by atoms with Gasteiger partial charge in [-0.05, 0) is 17.7 Å². The van der Waals surface area contributed by atoms with Gasteiger partial charge in [-0.15, -0.1) is 0 Å². The standard InChI is InChI=1S/C19H22N2O8.CH3NO2/c1-9(23)21-13-7-14(24)16(8-22)29-19(13)27-11-2-3-12-10(4-17(20)25)5-18(26)28-15(12)6-11;2-1(3)4/h2-3,5-6,13-14,16,19,22,24H,4,7-8H2,1H3,(H2,20,25)(H,21,23);2H2,(H,3,4)/t13-,14?,16?,19?;/m0./s1. The van der Waals surface area contributed by atoms with Gasteiger partial charge < -0.3 is 46.0 Å². The Bertz CT molecular complexity index is 1070.